The molecule has 2 spiro atoms. The van der Waals surface area contributed by atoms with Crippen molar-refractivity contribution in [3.8, 4) is 0 Å². The molecule has 0 N–H and O–H groups in total. The van der Waals surface area contributed by atoms with Crippen molar-refractivity contribution in [3.05, 3.63) is 33.8 Å². The van der Waals surface area contributed by atoms with Gasteiger partial charge < -0.3 is 4.74 Å². The smallest absolute Gasteiger partial charge is 0.261 e. The molecule has 4 nitrogen and oxygen atoms in total. The van der Waals surface area contributed by atoms with E-state index in [1.165, 1.54) is 5.56 Å². The highest BCUT2D eigenvalue weighted by atomic mass is 79.9. The Morgan fingerprint density at radius 1 is 1.36 bits per heavy atom. The Labute approximate surface area is 161 Å². The van der Waals surface area contributed by atoms with Gasteiger partial charge in [0.15, 0.2) is 10.7 Å². The van der Waals surface area contributed by atoms with Gasteiger partial charge in [-0.25, -0.2) is 4.99 Å². The van der Waals surface area contributed by atoms with Gasteiger partial charge >= 0.3 is 0 Å². The molecular weight excluding hydrogens is 400 g/mol. The summed E-state index contributed by atoms with van der Waals surface area (Å²) in [6, 6.07) is 6.36. The van der Waals surface area contributed by atoms with Gasteiger partial charge in [0.05, 0.1) is 6.10 Å². The van der Waals surface area contributed by atoms with Crippen molar-refractivity contribution in [1.82, 2.24) is 4.90 Å². The van der Waals surface area contributed by atoms with Gasteiger partial charge in [0.1, 0.15) is 0 Å². The standard InChI is InChI=1S/C19H23BrN2O2S/c1-22-16(23)19(21-17(22)25-3)15-10-13(20)5-4-12(15)11-18(19)8-6-14(24-2)7-9-18/h4-5,10,14H,6-9,11H2,1-3H3/t14?,18?,19-/m0/s1. The average molecular weight is 423 g/mol. The van der Waals surface area contributed by atoms with E-state index in [1.54, 1.807) is 23.8 Å². The van der Waals surface area contributed by atoms with Crippen molar-refractivity contribution in [1.29, 1.82) is 0 Å². The number of thioether (sulfide) groups is 1. The number of amides is 1. The van der Waals surface area contributed by atoms with Crippen LogP contribution in [0, 0.1) is 5.41 Å². The lowest BCUT2D eigenvalue weighted by Gasteiger charge is -2.45. The molecule has 3 aliphatic rings. The summed E-state index contributed by atoms with van der Waals surface area (Å²) in [4.78, 5) is 20.4. The zero-order valence-corrected chi connectivity index (χ0v) is 17.2. The predicted octanol–water partition coefficient (Wildman–Crippen LogP) is 3.97. The lowest BCUT2D eigenvalue weighted by atomic mass is 9.61. The van der Waals surface area contributed by atoms with E-state index in [4.69, 9.17) is 9.73 Å². The summed E-state index contributed by atoms with van der Waals surface area (Å²) in [6.45, 7) is 0. The van der Waals surface area contributed by atoms with Crippen molar-refractivity contribution in [2.24, 2.45) is 10.4 Å². The molecule has 1 aromatic carbocycles. The Balaban J connectivity index is 1.89. The maximum atomic E-state index is 13.5. The molecule has 1 amide bonds. The average Bonchev–Trinajstić information content (AvgIpc) is 3.04. The van der Waals surface area contributed by atoms with Crippen molar-refractivity contribution in [2.75, 3.05) is 20.4 Å². The van der Waals surface area contributed by atoms with Crippen LogP contribution in [-0.2, 0) is 21.5 Å². The molecule has 2 aliphatic carbocycles. The first-order chi connectivity index (χ1) is 12.0. The van der Waals surface area contributed by atoms with E-state index in [-0.39, 0.29) is 11.3 Å². The number of amidine groups is 1. The van der Waals surface area contributed by atoms with Gasteiger partial charge in [0.25, 0.3) is 5.91 Å². The minimum Gasteiger partial charge on any atom is -0.381 e. The van der Waals surface area contributed by atoms with Crippen LogP contribution < -0.4 is 0 Å². The summed E-state index contributed by atoms with van der Waals surface area (Å²) in [6.07, 6.45) is 7.16. The van der Waals surface area contributed by atoms with E-state index in [9.17, 15) is 4.79 Å². The number of likely N-dealkylation sites (N-methyl/N-ethyl adjacent to an activating group) is 1. The number of nitrogens with zero attached hydrogens (tertiary/aromatic N) is 2. The second kappa shape index (κ2) is 6.10. The summed E-state index contributed by atoms with van der Waals surface area (Å²) in [5, 5.41) is 0.825. The summed E-state index contributed by atoms with van der Waals surface area (Å²) < 4.78 is 6.60. The fourth-order valence-corrected chi connectivity index (χ4v) is 5.98. The zero-order chi connectivity index (χ0) is 17.8. The maximum Gasteiger partial charge on any atom is 0.261 e. The number of halogens is 1. The molecule has 134 valence electrons. The highest BCUT2D eigenvalue weighted by molar-refractivity contribution is 9.10. The Morgan fingerprint density at radius 3 is 2.68 bits per heavy atom. The van der Waals surface area contributed by atoms with Crippen LogP contribution >= 0.6 is 27.7 Å². The summed E-state index contributed by atoms with van der Waals surface area (Å²) in [5.41, 5.74) is 1.47. The first-order valence-corrected chi connectivity index (χ1v) is 10.7. The van der Waals surface area contributed by atoms with E-state index < -0.39 is 5.54 Å². The molecular formula is C19H23BrN2O2S. The Bertz CT molecular complexity index is 758. The minimum absolute atomic E-state index is 0.129. The van der Waals surface area contributed by atoms with Crippen molar-refractivity contribution in [3.63, 3.8) is 0 Å². The second-order valence-electron chi connectivity index (χ2n) is 7.37. The van der Waals surface area contributed by atoms with Crippen LogP contribution in [0.15, 0.2) is 27.7 Å². The Kier molecular flexibility index (Phi) is 4.28. The second-order valence-corrected chi connectivity index (χ2v) is 9.06. The van der Waals surface area contributed by atoms with Gasteiger partial charge in [0.2, 0.25) is 0 Å². The minimum atomic E-state index is -0.766. The molecule has 0 bridgehead atoms. The molecule has 1 saturated carbocycles. The van der Waals surface area contributed by atoms with E-state index in [0.29, 0.717) is 6.10 Å². The molecule has 25 heavy (non-hydrogen) atoms. The van der Waals surface area contributed by atoms with Crippen LogP contribution in [0.2, 0.25) is 0 Å². The monoisotopic (exact) mass is 422 g/mol. The van der Waals surface area contributed by atoms with Gasteiger partial charge in [-0.3, -0.25) is 9.69 Å². The van der Waals surface area contributed by atoms with Gasteiger partial charge in [-0.1, -0.05) is 33.8 Å². The quantitative estimate of drug-likeness (QED) is 0.687. The topological polar surface area (TPSA) is 41.9 Å². The molecule has 0 aromatic heterocycles. The number of hydrogen-bond donors (Lipinski definition) is 0. The van der Waals surface area contributed by atoms with Crippen LogP contribution in [0.5, 0.6) is 0 Å². The number of rotatable bonds is 1. The van der Waals surface area contributed by atoms with E-state index in [0.717, 1.165) is 47.3 Å². The number of aliphatic imine (C=N–C) groups is 1. The van der Waals surface area contributed by atoms with E-state index in [2.05, 4.69) is 34.1 Å². The number of carbonyl (C=O) groups is 1. The van der Waals surface area contributed by atoms with Gasteiger partial charge in [-0.05, 0) is 61.6 Å². The van der Waals surface area contributed by atoms with Crippen LogP contribution in [0.25, 0.3) is 0 Å². The third kappa shape index (κ3) is 2.30. The van der Waals surface area contributed by atoms with Crippen LogP contribution in [0.4, 0.5) is 0 Å². The van der Waals surface area contributed by atoms with Crippen LogP contribution in [0.1, 0.15) is 36.8 Å². The molecule has 0 unspecified atom stereocenters. The third-order valence-corrected chi connectivity index (χ3v) is 7.55. The molecule has 1 atom stereocenters. The van der Waals surface area contributed by atoms with E-state index >= 15 is 0 Å². The van der Waals surface area contributed by atoms with Gasteiger partial charge in [0, 0.05) is 24.0 Å². The summed E-state index contributed by atoms with van der Waals surface area (Å²) in [7, 11) is 3.65. The molecule has 0 radical (unpaired) electrons. The van der Waals surface area contributed by atoms with Crippen LogP contribution in [-0.4, -0.2) is 42.5 Å². The summed E-state index contributed by atoms with van der Waals surface area (Å²) in [5.74, 6) is 0.129. The van der Waals surface area contributed by atoms with Crippen molar-refractivity contribution >= 4 is 38.8 Å². The largest absolute Gasteiger partial charge is 0.381 e. The molecule has 1 heterocycles. The molecule has 1 aromatic rings. The number of hydrogen-bond acceptors (Lipinski definition) is 4. The fraction of sp³-hybridized carbons (Fsp3) is 0.579. The molecule has 4 rings (SSSR count). The number of carbonyl (C=O) groups excluding carboxylic acids is 1. The highest BCUT2D eigenvalue weighted by Gasteiger charge is 2.66. The third-order valence-electron chi connectivity index (χ3n) is 6.33. The lowest BCUT2D eigenvalue weighted by molar-refractivity contribution is -0.137. The van der Waals surface area contributed by atoms with Crippen LogP contribution in [0.3, 0.4) is 0 Å². The molecule has 1 fully saturated rings. The first-order valence-electron chi connectivity index (χ1n) is 8.71. The maximum absolute atomic E-state index is 13.5. The normalized spacial score (nSPS) is 34.1. The highest BCUT2D eigenvalue weighted by Crippen LogP contribution is 2.62. The first kappa shape index (κ1) is 17.6. The van der Waals surface area contributed by atoms with Gasteiger partial charge in [-0.15, -0.1) is 0 Å². The molecule has 6 heteroatoms. The molecule has 0 saturated heterocycles. The van der Waals surface area contributed by atoms with E-state index in [1.807, 2.05) is 13.3 Å². The summed E-state index contributed by atoms with van der Waals surface area (Å²) >= 11 is 5.15. The number of fused-ring (bicyclic) bond motifs is 3. The number of ether oxygens (including phenoxy) is 1. The molecule has 1 aliphatic heterocycles. The SMILES string of the molecule is COC1CCC2(CC1)Cc1ccc(Br)cc1[C@@]21N=C(SC)N(C)C1=O. The van der Waals surface area contributed by atoms with Gasteiger partial charge in [-0.2, -0.15) is 0 Å². The Morgan fingerprint density at radius 2 is 2.08 bits per heavy atom. The lowest BCUT2D eigenvalue weighted by Crippen LogP contribution is -2.51. The number of benzene rings is 1. The fourth-order valence-electron chi connectivity index (χ4n) is 5.04. The number of methoxy groups -OCH3 is 1. The zero-order valence-electron chi connectivity index (χ0n) is 14.8. The van der Waals surface area contributed by atoms with Crippen molar-refractivity contribution in [2.45, 2.75) is 43.7 Å². The van der Waals surface area contributed by atoms with Crippen molar-refractivity contribution < 1.29 is 9.53 Å². The predicted molar refractivity (Wildman–Crippen MR) is 105 cm³/mol. The Hall–Kier alpha value is -0.850.